The van der Waals surface area contributed by atoms with Crippen LogP contribution in [0.2, 0.25) is 5.02 Å². The molecule has 5 nitrogen and oxygen atoms in total. The second-order valence-electron chi connectivity index (χ2n) is 4.26. The Morgan fingerprint density at radius 1 is 1.38 bits per heavy atom. The summed E-state index contributed by atoms with van der Waals surface area (Å²) >= 11 is 9.31. The Labute approximate surface area is 136 Å². The number of nitrogens with one attached hydrogen (secondary N) is 2. The highest BCUT2D eigenvalue weighted by Gasteiger charge is 2.15. The van der Waals surface area contributed by atoms with E-state index in [0.29, 0.717) is 22.2 Å². The molecule has 0 aliphatic heterocycles. The normalized spacial score (nSPS) is 10.2. The fourth-order valence-corrected chi connectivity index (χ4v) is 2.15. The molecular formula is C14H14BrClN4O. The lowest BCUT2D eigenvalue weighted by atomic mass is 10.2. The maximum Gasteiger partial charge on any atom is 0.260 e. The van der Waals surface area contributed by atoms with Gasteiger partial charge < -0.3 is 10.6 Å². The van der Waals surface area contributed by atoms with Crippen LogP contribution >= 0.6 is 27.5 Å². The van der Waals surface area contributed by atoms with Crippen LogP contribution in [0.1, 0.15) is 23.7 Å². The molecule has 2 N–H and O–H groups in total. The number of anilines is 2. The third-order valence-corrected chi connectivity index (χ3v) is 3.37. The van der Waals surface area contributed by atoms with Gasteiger partial charge in [-0.05, 0) is 40.5 Å². The number of pyridine rings is 2. The standard InChI is InChI=1S/C14H14BrClN4O/c1-2-5-17-12-10(7-9(15)8-19-12)14(21)20-13-11(16)4-3-6-18-13/h3-4,6-8H,2,5H2,1H3,(H,17,19)(H,18,20,21). The smallest absolute Gasteiger partial charge is 0.260 e. The summed E-state index contributed by atoms with van der Waals surface area (Å²) in [7, 11) is 0. The minimum Gasteiger partial charge on any atom is -0.369 e. The predicted octanol–water partition coefficient (Wildman–Crippen LogP) is 3.97. The van der Waals surface area contributed by atoms with E-state index in [-0.39, 0.29) is 5.91 Å². The first kappa shape index (κ1) is 15.7. The van der Waals surface area contributed by atoms with E-state index < -0.39 is 0 Å². The molecule has 2 aromatic rings. The zero-order valence-electron chi connectivity index (χ0n) is 11.4. The molecule has 21 heavy (non-hydrogen) atoms. The quantitative estimate of drug-likeness (QED) is 0.837. The summed E-state index contributed by atoms with van der Waals surface area (Å²) in [6, 6.07) is 5.07. The third-order valence-electron chi connectivity index (χ3n) is 2.63. The molecule has 0 aliphatic carbocycles. The van der Waals surface area contributed by atoms with Crippen LogP contribution in [-0.4, -0.2) is 22.4 Å². The second kappa shape index (κ2) is 7.38. The van der Waals surface area contributed by atoms with Gasteiger partial charge in [0.15, 0.2) is 5.82 Å². The van der Waals surface area contributed by atoms with Crippen molar-refractivity contribution in [2.75, 3.05) is 17.2 Å². The number of halogens is 2. The highest BCUT2D eigenvalue weighted by Crippen LogP contribution is 2.22. The molecule has 0 fully saturated rings. The number of aromatic nitrogens is 2. The van der Waals surface area contributed by atoms with Crippen molar-refractivity contribution in [3.8, 4) is 0 Å². The fraction of sp³-hybridized carbons (Fsp3) is 0.214. The molecule has 0 bridgehead atoms. The molecule has 7 heteroatoms. The van der Waals surface area contributed by atoms with Gasteiger partial charge in [0, 0.05) is 23.4 Å². The van der Waals surface area contributed by atoms with E-state index in [1.807, 2.05) is 6.92 Å². The number of carbonyl (C=O) groups excluding carboxylic acids is 1. The van der Waals surface area contributed by atoms with Gasteiger partial charge in [-0.3, -0.25) is 4.79 Å². The van der Waals surface area contributed by atoms with Crippen molar-refractivity contribution in [1.82, 2.24) is 9.97 Å². The summed E-state index contributed by atoms with van der Waals surface area (Å²) in [5.41, 5.74) is 0.430. The first-order valence-corrected chi connectivity index (χ1v) is 7.60. The molecule has 0 spiro atoms. The van der Waals surface area contributed by atoms with E-state index >= 15 is 0 Å². The van der Waals surface area contributed by atoms with E-state index in [1.54, 1.807) is 30.6 Å². The van der Waals surface area contributed by atoms with E-state index in [0.717, 1.165) is 17.4 Å². The molecule has 2 aromatic heterocycles. The van der Waals surface area contributed by atoms with Crippen molar-refractivity contribution >= 4 is 45.1 Å². The molecule has 0 aromatic carbocycles. The number of carbonyl (C=O) groups is 1. The van der Waals surface area contributed by atoms with Crippen molar-refractivity contribution in [2.45, 2.75) is 13.3 Å². The second-order valence-corrected chi connectivity index (χ2v) is 5.59. The largest absolute Gasteiger partial charge is 0.369 e. The summed E-state index contributed by atoms with van der Waals surface area (Å²) in [5.74, 6) is 0.540. The Morgan fingerprint density at radius 2 is 2.19 bits per heavy atom. The molecule has 0 saturated heterocycles. The lowest BCUT2D eigenvalue weighted by Gasteiger charge is -2.11. The monoisotopic (exact) mass is 368 g/mol. The van der Waals surface area contributed by atoms with Crippen molar-refractivity contribution in [1.29, 1.82) is 0 Å². The zero-order valence-corrected chi connectivity index (χ0v) is 13.7. The summed E-state index contributed by atoms with van der Waals surface area (Å²) < 4.78 is 0.724. The Hall–Kier alpha value is -1.66. The Morgan fingerprint density at radius 3 is 2.90 bits per heavy atom. The minimum atomic E-state index is -0.317. The van der Waals surface area contributed by atoms with Crippen LogP contribution in [0.15, 0.2) is 35.1 Å². The van der Waals surface area contributed by atoms with Crippen LogP contribution in [0.4, 0.5) is 11.6 Å². The minimum absolute atomic E-state index is 0.317. The highest BCUT2D eigenvalue weighted by atomic mass is 79.9. The SMILES string of the molecule is CCCNc1ncc(Br)cc1C(=O)Nc1ncccc1Cl. The van der Waals surface area contributed by atoms with Gasteiger partial charge in [0.2, 0.25) is 0 Å². The lowest BCUT2D eigenvalue weighted by molar-refractivity contribution is 0.102. The van der Waals surface area contributed by atoms with E-state index in [2.05, 4.69) is 36.5 Å². The number of hydrogen-bond donors (Lipinski definition) is 2. The van der Waals surface area contributed by atoms with E-state index in [1.165, 1.54) is 0 Å². The Bertz CT molecular complexity index is 651. The first-order valence-electron chi connectivity index (χ1n) is 6.43. The van der Waals surface area contributed by atoms with Crippen LogP contribution in [0, 0.1) is 0 Å². The maximum absolute atomic E-state index is 12.4. The van der Waals surface area contributed by atoms with Gasteiger partial charge in [-0.2, -0.15) is 0 Å². The van der Waals surface area contributed by atoms with Crippen LogP contribution < -0.4 is 10.6 Å². The van der Waals surface area contributed by atoms with Gasteiger partial charge in [-0.1, -0.05) is 18.5 Å². The van der Waals surface area contributed by atoms with Crippen molar-refractivity contribution in [3.05, 3.63) is 45.7 Å². The molecule has 0 unspecified atom stereocenters. The summed E-state index contributed by atoms with van der Waals surface area (Å²) in [6.07, 6.45) is 4.14. The van der Waals surface area contributed by atoms with Crippen molar-refractivity contribution in [3.63, 3.8) is 0 Å². The number of hydrogen-bond acceptors (Lipinski definition) is 4. The topological polar surface area (TPSA) is 66.9 Å². The molecular weight excluding hydrogens is 356 g/mol. The zero-order chi connectivity index (χ0) is 15.2. The van der Waals surface area contributed by atoms with Crippen LogP contribution in [0.25, 0.3) is 0 Å². The molecule has 2 rings (SSSR count). The molecule has 0 saturated carbocycles. The number of amides is 1. The summed E-state index contributed by atoms with van der Waals surface area (Å²) in [6.45, 7) is 2.78. The molecule has 110 valence electrons. The number of nitrogens with zero attached hydrogens (tertiary/aromatic N) is 2. The molecule has 0 aliphatic rings. The van der Waals surface area contributed by atoms with Crippen LogP contribution in [0.5, 0.6) is 0 Å². The van der Waals surface area contributed by atoms with E-state index in [4.69, 9.17) is 11.6 Å². The maximum atomic E-state index is 12.4. The first-order chi connectivity index (χ1) is 10.1. The van der Waals surface area contributed by atoms with Gasteiger partial charge in [0.05, 0.1) is 10.6 Å². The highest BCUT2D eigenvalue weighted by molar-refractivity contribution is 9.10. The molecule has 0 atom stereocenters. The lowest BCUT2D eigenvalue weighted by Crippen LogP contribution is -2.17. The average Bonchev–Trinajstić information content (AvgIpc) is 2.48. The van der Waals surface area contributed by atoms with Gasteiger partial charge in [-0.25, -0.2) is 9.97 Å². The van der Waals surface area contributed by atoms with Gasteiger partial charge >= 0.3 is 0 Å². The van der Waals surface area contributed by atoms with Gasteiger partial charge in [0.25, 0.3) is 5.91 Å². The Kier molecular flexibility index (Phi) is 5.52. The molecule has 1 amide bonds. The van der Waals surface area contributed by atoms with Crippen molar-refractivity contribution < 1.29 is 4.79 Å². The fourth-order valence-electron chi connectivity index (χ4n) is 1.65. The van der Waals surface area contributed by atoms with Crippen LogP contribution in [0.3, 0.4) is 0 Å². The summed E-state index contributed by atoms with van der Waals surface area (Å²) in [4.78, 5) is 20.7. The summed E-state index contributed by atoms with van der Waals surface area (Å²) in [5, 5.41) is 6.20. The van der Waals surface area contributed by atoms with Crippen LogP contribution in [-0.2, 0) is 0 Å². The predicted molar refractivity (Wildman–Crippen MR) is 87.9 cm³/mol. The average molecular weight is 370 g/mol. The van der Waals surface area contributed by atoms with E-state index in [9.17, 15) is 4.79 Å². The van der Waals surface area contributed by atoms with Gasteiger partial charge in [-0.15, -0.1) is 0 Å². The van der Waals surface area contributed by atoms with Gasteiger partial charge in [0.1, 0.15) is 5.82 Å². The third kappa shape index (κ3) is 4.15. The Balaban J connectivity index is 2.25. The van der Waals surface area contributed by atoms with Crippen molar-refractivity contribution in [2.24, 2.45) is 0 Å². The molecule has 2 heterocycles. The number of rotatable bonds is 5. The molecule has 0 radical (unpaired) electrons.